The van der Waals surface area contributed by atoms with Crippen LogP contribution in [-0.2, 0) is 10.2 Å². The van der Waals surface area contributed by atoms with Crippen LogP contribution < -0.4 is 11.1 Å². The number of primary amides is 1. The van der Waals surface area contributed by atoms with E-state index in [2.05, 4.69) is 5.32 Å². The summed E-state index contributed by atoms with van der Waals surface area (Å²) in [5.41, 5.74) is 4.14. The number of phenolic OH excluding ortho intramolecular Hbond substituents is 1. The summed E-state index contributed by atoms with van der Waals surface area (Å²) < 4.78 is 32.4. The van der Waals surface area contributed by atoms with Crippen molar-refractivity contribution in [1.82, 2.24) is 10.2 Å². The number of hydrogen-bond acceptors (Lipinski definition) is 5. The van der Waals surface area contributed by atoms with Crippen molar-refractivity contribution in [3.8, 4) is 5.75 Å². The van der Waals surface area contributed by atoms with E-state index in [9.17, 15) is 33.0 Å². The molecule has 1 aromatic rings. The fraction of sp³-hybridized carbons (Fsp3) is 0.636. The molecule has 10 heteroatoms. The third-order valence-electron chi connectivity index (χ3n) is 6.36. The first kappa shape index (κ1) is 27.7. The van der Waals surface area contributed by atoms with Crippen molar-refractivity contribution in [3.05, 3.63) is 29.3 Å². The first-order valence-corrected chi connectivity index (χ1v) is 10.6. The van der Waals surface area contributed by atoms with Gasteiger partial charge in [0.25, 0.3) is 0 Å². The molecule has 0 bridgehead atoms. The van der Waals surface area contributed by atoms with Gasteiger partial charge in [-0.15, -0.1) is 0 Å². The highest BCUT2D eigenvalue weighted by Crippen LogP contribution is 2.51. The molecule has 2 rings (SSSR count). The van der Waals surface area contributed by atoms with Crippen LogP contribution in [0.4, 0.5) is 18.0 Å². The monoisotopic (exact) mass is 461 g/mol. The van der Waals surface area contributed by atoms with Crippen LogP contribution in [0.25, 0.3) is 0 Å². The third-order valence-corrected chi connectivity index (χ3v) is 6.36. The normalized spacial score (nSPS) is 25.5. The van der Waals surface area contributed by atoms with Crippen LogP contribution in [-0.4, -0.2) is 65.4 Å². The van der Waals surface area contributed by atoms with Gasteiger partial charge in [-0.3, -0.25) is 15.0 Å². The number of benzene rings is 1. The number of aryl methyl sites for hydroxylation is 1. The quantitative estimate of drug-likeness (QED) is 0.498. The van der Waals surface area contributed by atoms with Crippen molar-refractivity contribution in [2.45, 2.75) is 63.5 Å². The van der Waals surface area contributed by atoms with Crippen LogP contribution in [0.3, 0.4) is 0 Å². The number of likely N-dealkylation sites (tertiary alicyclic amines) is 1. The minimum Gasteiger partial charge on any atom is -0.508 e. The summed E-state index contributed by atoms with van der Waals surface area (Å²) in [6, 6.07) is 3.47. The van der Waals surface area contributed by atoms with Gasteiger partial charge < -0.3 is 15.9 Å². The van der Waals surface area contributed by atoms with Gasteiger partial charge in [0, 0.05) is 24.4 Å². The largest absolute Gasteiger partial charge is 0.508 e. The van der Waals surface area contributed by atoms with Crippen molar-refractivity contribution >= 4 is 11.9 Å². The first-order chi connectivity index (χ1) is 15.0. The molecule has 5 N–H and O–H groups in total. The second-order valence-corrected chi connectivity index (χ2v) is 8.10. The average molecular weight is 462 g/mol. The van der Waals surface area contributed by atoms with Gasteiger partial charge in [-0.2, -0.15) is 0 Å². The minimum absolute atomic E-state index is 0.0259. The van der Waals surface area contributed by atoms with Gasteiger partial charge >= 0.3 is 6.03 Å². The Bertz CT molecular complexity index is 783. The molecule has 1 aromatic carbocycles. The van der Waals surface area contributed by atoms with E-state index < -0.39 is 42.6 Å². The van der Waals surface area contributed by atoms with Gasteiger partial charge in [-0.1, -0.05) is 19.4 Å². The fourth-order valence-electron chi connectivity index (χ4n) is 4.98. The molecule has 3 amide bonds. The topological polar surface area (TPSA) is 116 Å². The maximum Gasteiger partial charge on any atom is 0.318 e. The zero-order chi connectivity index (χ0) is 24.5. The van der Waals surface area contributed by atoms with E-state index in [4.69, 9.17) is 5.73 Å². The molecule has 0 aromatic heterocycles. The summed E-state index contributed by atoms with van der Waals surface area (Å²) >= 11 is 0. The zero-order valence-electron chi connectivity index (χ0n) is 18.8. The van der Waals surface area contributed by atoms with Crippen molar-refractivity contribution in [2.24, 2.45) is 5.73 Å². The summed E-state index contributed by atoms with van der Waals surface area (Å²) in [6.45, 7) is 4.00. The lowest BCUT2D eigenvalue weighted by atomic mass is 9.56. The van der Waals surface area contributed by atoms with E-state index in [0.29, 0.717) is 31.4 Å². The van der Waals surface area contributed by atoms with Crippen LogP contribution in [0.15, 0.2) is 18.2 Å². The number of aliphatic hydroxyl groups is 1. The number of urea groups is 1. The Hall–Kier alpha value is -2.33. The lowest BCUT2D eigenvalue weighted by Gasteiger charge is -2.58. The molecule has 1 saturated heterocycles. The fourth-order valence-corrected chi connectivity index (χ4v) is 4.98. The number of aromatic hydroxyl groups is 1. The number of carbonyl (C=O) groups excluding carboxylic acids is 2. The van der Waals surface area contributed by atoms with Gasteiger partial charge in [-0.25, -0.2) is 18.0 Å². The number of imide groups is 1. The Labute approximate surface area is 186 Å². The van der Waals surface area contributed by atoms with E-state index in [1.54, 1.807) is 18.2 Å². The molecule has 1 fully saturated rings. The van der Waals surface area contributed by atoms with Crippen LogP contribution in [0.1, 0.15) is 50.7 Å². The molecule has 3 unspecified atom stereocenters. The zero-order valence-corrected chi connectivity index (χ0v) is 18.8. The molecular weight excluding hydrogens is 427 g/mol. The standard InChI is InChI=1S/C21H32FN3O4.CH2F2/c1-4-7-21(29)15(3)25(11-9-22)10-8-20(21,13-18(27)24-19(23)28)17-12-16(26)6-5-14(17)2;2-1-3/h5-6,12,15,26,29H,4,7-11,13H2,1-3H3,(H3,23,24,27,28);1H2. The van der Waals surface area contributed by atoms with Crippen molar-refractivity contribution in [2.75, 3.05) is 26.7 Å². The number of nitrogens with two attached hydrogens (primary N) is 1. The number of amides is 3. The van der Waals surface area contributed by atoms with Gasteiger partial charge in [-0.05, 0) is 56.5 Å². The molecule has 1 heterocycles. The number of piperidine rings is 1. The molecule has 0 aliphatic carbocycles. The highest BCUT2D eigenvalue weighted by atomic mass is 19.3. The molecule has 1 aliphatic rings. The average Bonchev–Trinajstić information content (AvgIpc) is 2.70. The maximum absolute atomic E-state index is 13.1. The van der Waals surface area contributed by atoms with E-state index in [0.717, 1.165) is 5.56 Å². The number of nitrogens with one attached hydrogen (secondary N) is 1. The molecular formula is C22H34F3N3O4. The summed E-state index contributed by atoms with van der Waals surface area (Å²) in [6.07, 6.45) is 1.20. The number of carbonyl (C=O) groups is 2. The number of hydrogen-bond donors (Lipinski definition) is 4. The molecule has 0 radical (unpaired) electrons. The van der Waals surface area contributed by atoms with Crippen LogP contribution in [0.2, 0.25) is 0 Å². The van der Waals surface area contributed by atoms with Gasteiger partial charge in [0.2, 0.25) is 12.8 Å². The molecule has 3 atom stereocenters. The SMILES string of the molecule is CCCC1(O)C(C)N(CCF)CCC1(CC(=O)NC(N)=O)c1cc(O)ccc1C.FCF. The lowest BCUT2D eigenvalue weighted by Crippen LogP contribution is -2.68. The highest BCUT2D eigenvalue weighted by Gasteiger charge is 2.59. The summed E-state index contributed by atoms with van der Waals surface area (Å²) in [5.74, 6) is -0.570. The van der Waals surface area contributed by atoms with E-state index in [-0.39, 0.29) is 18.7 Å². The Kier molecular flexibility index (Phi) is 10.4. The first-order valence-electron chi connectivity index (χ1n) is 10.6. The number of nitrogens with zero attached hydrogens (tertiary/aromatic N) is 1. The number of halogens is 3. The van der Waals surface area contributed by atoms with E-state index in [1.807, 2.05) is 25.7 Å². The van der Waals surface area contributed by atoms with E-state index >= 15 is 0 Å². The summed E-state index contributed by atoms with van der Waals surface area (Å²) in [5, 5.41) is 24.3. The van der Waals surface area contributed by atoms with Crippen LogP contribution >= 0.6 is 0 Å². The van der Waals surface area contributed by atoms with Gasteiger partial charge in [0.15, 0.2) is 0 Å². The Morgan fingerprint density at radius 2 is 1.94 bits per heavy atom. The summed E-state index contributed by atoms with van der Waals surface area (Å²) in [7, 11) is 0. The number of alkyl halides is 3. The lowest BCUT2D eigenvalue weighted by molar-refractivity contribution is -0.151. The number of rotatable bonds is 7. The Morgan fingerprint density at radius 3 is 2.47 bits per heavy atom. The number of phenols is 1. The molecule has 0 spiro atoms. The Balaban J connectivity index is 0.00000161. The molecule has 0 saturated carbocycles. The molecule has 32 heavy (non-hydrogen) atoms. The molecule has 1 aliphatic heterocycles. The van der Waals surface area contributed by atoms with Crippen molar-refractivity contribution < 1.29 is 33.0 Å². The van der Waals surface area contributed by atoms with Crippen molar-refractivity contribution in [1.29, 1.82) is 0 Å². The second kappa shape index (κ2) is 12.1. The second-order valence-electron chi connectivity index (χ2n) is 8.10. The van der Waals surface area contributed by atoms with Gasteiger partial charge in [0.1, 0.15) is 12.4 Å². The maximum atomic E-state index is 13.1. The van der Waals surface area contributed by atoms with Crippen molar-refractivity contribution in [3.63, 3.8) is 0 Å². The van der Waals surface area contributed by atoms with Crippen LogP contribution in [0, 0.1) is 6.92 Å². The van der Waals surface area contributed by atoms with E-state index in [1.165, 1.54) is 0 Å². The molecule has 182 valence electrons. The Morgan fingerprint density at radius 1 is 1.31 bits per heavy atom. The third kappa shape index (κ3) is 5.92. The molecule has 7 nitrogen and oxygen atoms in total. The van der Waals surface area contributed by atoms with Crippen LogP contribution in [0.5, 0.6) is 5.75 Å². The highest BCUT2D eigenvalue weighted by molar-refractivity contribution is 5.94. The van der Waals surface area contributed by atoms with Gasteiger partial charge in [0.05, 0.1) is 5.60 Å². The predicted molar refractivity (Wildman–Crippen MR) is 115 cm³/mol. The minimum atomic E-state index is -1.75. The smallest absolute Gasteiger partial charge is 0.318 e. The predicted octanol–water partition coefficient (Wildman–Crippen LogP) is 3.00. The summed E-state index contributed by atoms with van der Waals surface area (Å²) in [4.78, 5) is 25.8.